The fraction of sp³-hybridized carbons (Fsp3) is 0.435. The van der Waals surface area contributed by atoms with Gasteiger partial charge >= 0.3 is 0 Å². The monoisotopic (exact) mass is 385 g/mol. The number of hydrogen-bond acceptors (Lipinski definition) is 3. The molecule has 0 bridgehead atoms. The Bertz CT molecular complexity index is 766. The van der Waals surface area contributed by atoms with Gasteiger partial charge in [0.05, 0.1) is 12.0 Å². The Morgan fingerprint density at radius 3 is 2.36 bits per heavy atom. The van der Waals surface area contributed by atoms with Gasteiger partial charge in [-0.2, -0.15) is 0 Å². The van der Waals surface area contributed by atoms with Crippen molar-refractivity contribution in [3.63, 3.8) is 0 Å². The van der Waals surface area contributed by atoms with Gasteiger partial charge in [-0.15, -0.1) is 0 Å². The van der Waals surface area contributed by atoms with E-state index in [0.29, 0.717) is 32.6 Å². The highest BCUT2D eigenvalue weighted by molar-refractivity contribution is 5.88. The van der Waals surface area contributed by atoms with Crippen LogP contribution < -0.4 is 5.32 Å². The van der Waals surface area contributed by atoms with E-state index in [1.54, 1.807) is 19.2 Å². The molecule has 2 aromatic carbocycles. The minimum Gasteiger partial charge on any atom is -0.381 e. The first-order chi connectivity index (χ1) is 13.6. The number of amides is 1. The Balaban J connectivity index is 1.84. The number of carbonyl (C=O) groups excluding carboxylic acids is 1. The molecule has 3 rings (SSSR count). The molecule has 1 amide bonds. The second-order valence-corrected chi connectivity index (χ2v) is 7.30. The number of rotatable bonds is 7. The average Bonchev–Trinajstić information content (AvgIpc) is 2.76. The predicted octanol–water partition coefficient (Wildman–Crippen LogP) is 3.94. The molecule has 0 saturated carbocycles. The summed E-state index contributed by atoms with van der Waals surface area (Å²) in [6.45, 7) is 3.43. The summed E-state index contributed by atoms with van der Waals surface area (Å²) in [5.74, 6) is -0.368. The van der Waals surface area contributed by atoms with Crippen molar-refractivity contribution in [3.8, 4) is 0 Å². The fourth-order valence-electron chi connectivity index (χ4n) is 4.04. The van der Waals surface area contributed by atoms with Crippen LogP contribution in [0.4, 0.5) is 4.39 Å². The van der Waals surface area contributed by atoms with Gasteiger partial charge < -0.3 is 14.8 Å². The number of benzene rings is 2. The van der Waals surface area contributed by atoms with E-state index >= 15 is 0 Å². The van der Waals surface area contributed by atoms with Crippen molar-refractivity contribution in [2.75, 3.05) is 26.9 Å². The first-order valence-corrected chi connectivity index (χ1v) is 9.79. The molecule has 1 saturated heterocycles. The van der Waals surface area contributed by atoms with Gasteiger partial charge in [0.1, 0.15) is 11.4 Å². The molecule has 2 aromatic rings. The molecule has 5 heteroatoms. The molecule has 1 heterocycles. The summed E-state index contributed by atoms with van der Waals surface area (Å²) in [6.07, 6.45) is 1.87. The zero-order chi connectivity index (χ0) is 20.0. The molecule has 0 aromatic heterocycles. The molecule has 1 fully saturated rings. The van der Waals surface area contributed by atoms with Gasteiger partial charge in [0.25, 0.3) is 0 Å². The van der Waals surface area contributed by atoms with Crippen LogP contribution in [0, 0.1) is 5.82 Å². The standard InChI is InChI=1S/C23H28FNO3/c1-3-23(27-2,19-7-5-4-6-8-19)17-25-21(26)22(13-15-28-16-14-22)18-9-11-20(24)12-10-18/h4-12H,3,13-17H2,1-2H3,(H,25,26). The fourth-order valence-corrected chi connectivity index (χ4v) is 4.04. The van der Waals surface area contributed by atoms with Gasteiger partial charge in [0.15, 0.2) is 0 Å². The van der Waals surface area contributed by atoms with Crippen LogP contribution in [0.15, 0.2) is 54.6 Å². The second-order valence-electron chi connectivity index (χ2n) is 7.30. The van der Waals surface area contributed by atoms with Crippen LogP contribution >= 0.6 is 0 Å². The Kier molecular flexibility index (Phi) is 6.47. The largest absolute Gasteiger partial charge is 0.381 e. The molecule has 150 valence electrons. The van der Waals surface area contributed by atoms with Crippen LogP contribution in [0.3, 0.4) is 0 Å². The third-order valence-corrected chi connectivity index (χ3v) is 5.97. The van der Waals surface area contributed by atoms with E-state index in [1.165, 1.54) is 12.1 Å². The summed E-state index contributed by atoms with van der Waals surface area (Å²) < 4.78 is 24.8. The van der Waals surface area contributed by atoms with Crippen LogP contribution in [-0.2, 0) is 25.3 Å². The molecule has 0 spiro atoms. The Morgan fingerprint density at radius 2 is 1.79 bits per heavy atom. The lowest BCUT2D eigenvalue weighted by Gasteiger charge is -2.38. The molecule has 1 N–H and O–H groups in total. The van der Waals surface area contributed by atoms with Crippen LogP contribution in [0.5, 0.6) is 0 Å². The van der Waals surface area contributed by atoms with E-state index in [9.17, 15) is 9.18 Å². The molecule has 0 aliphatic carbocycles. The second kappa shape index (κ2) is 8.84. The highest BCUT2D eigenvalue weighted by Gasteiger charge is 2.43. The molecule has 1 aliphatic heterocycles. The van der Waals surface area contributed by atoms with E-state index in [4.69, 9.17) is 9.47 Å². The normalized spacial score (nSPS) is 18.2. The van der Waals surface area contributed by atoms with Gasteiger partial charge in [0, 0.05) is 20.3 Å². The van der Waals surface area contributed by atoms with E-state index in [2.05, 4.69) is 5.32 Å². The van der Waals surface area contributed by atoms with Crippen molar-refractivity contribution in [1.29, 1.82) is 0 Å². The van der Waals surface area contributed by atoms with Crippen molar-refractivity contribution in [2.24, 2.45) is 0 Å². The third kappa shape index (κ3) is 3.96. The molecule has 28 heavy (non-hydrogen) atoms. The summed E-state index contributed by atoms with van der Waals surface area (Å²) in [5.41, 5.74) is 0.555. The van der Waals surface area contributed by atoms with Crippen molar-refractivity contribution in [3.05, 3.63) is 71.5 Å². The smallest absolute Gasteiger partial charge is 0.230 e. The first kappa shape index (κ1) is 20.5. The highest BCUT2D eigenvalue weighted by Crippen LogP contribution is 2.36. The SMILES string of the molecule is CCC(CNC(=O)C1(c2ccc(F)cc2)CCOCC1)(OC)c1ccccc1. The number of hydrogen-bond donors (Lipinski definition) is 1. The quantitative estimate of drug-likeness (QED) is 0.785. The predicted molar refractivity (Wildman–Crippen MR) is 107 cm³/mol. The Hall–Kier alpha value is -2.24. The maximum atomic E-state index is 13.4. The maximum absolute atomic E-state index is 13.4. The molecule has 1 unspecified atom stereocenters. The average molecular weight is 385 g/mol. The Morgan fingerprint density at radius 1 is 1.14 bits per heavy atom. The van der Waals surface area contributed by atoms with Crippen molar-refractivity contribution in [1.82, 2.24) is 5.32 Å². The van der Waals surface area contributed by atoms with E-state index in [1.807, 2.05) is 37.3 Å². The zero-order valence-electron chi connectivity index (χ0n) is 16.5. The van der Waals surface area contributed by atoms with Gasteiger partial charge in [-0.05, 0) is 42.5 Å². The van der Waals surface area contributed by atoms with E-state index < -0.39 is 11.0 Å². The van der Waals surface area contributed by atoms with Gasteiger partial charge in [-0.25, -0.2) is 4.39 Å². The van der Waals surface area contributed by atoms with E-state index in [0.717, 1.165) is 17.5 Å². The number of halogens is 1. The van der Waals surface area contributed by atoms with E-state index in [-0.39, 0.29) is 11.7 Å². The lowest BCUT2D eigenvalue weighted by atomic mass is 9.73. The minimum atomic E-state index is -0.712. The van der Waals surface area contributed by atoms with Crippen molar-refractivity contribution in [2.45, 2.75) is 37.2 Å². The molecule has 1 atom stereocenters. The van der Waals surface area contributed by atoms with Crippen LogP contribution in [0.2, 0.25) is 0 Å². The highest BCUT2D eigenvalue weighted by atomic mass is 19.1. The molecule has 0 radical (unpaired) electrons. The Labute approximate surface area is 166 Å². The zero-order valence-corrected chi connectivity index (χ0v) is 16.5. The summed E-state index contributed by atoms with van der Waals surface area (Å²) >= 11 is 0. The summed E-state index contributed by atoms with van der Waals surface area (Å²) in [4.78, 5) is 13.4. The topological polar surface area (TPSA) is 47.6 Å². The van der Waals surface area contributed by atoms with Crippen molar-refractivity contribution >= 4 is 5.91 Å². The third-order valence-electron chi connectivity index (χ3n) is 5.97. The lowest BCUT2D eigenvalue weighted by molar-refractivity contribution is -0.132. The maximum Gasteiger partial charge on any atom is 0.230 e. The molecular formula is C23H28FNO3. The summed E-state index contributed by atoms with van der Waals surface area (Å²) in [7, 11) is 1.67. The molecule has 1 aliphatic rings. The molecular weight excluding hydrogens is 357 g/mol. The van der Waals surface area contributed by atoms with Gasteiger partial charge in [-0.3, -0.25) is 4.79 Å². The van der Waals surface area contributed by atoms with Crippen LogP contribution in [0.25, 0.3) is 0 Å². The van der Waals surface area contributed by atoms with Gasteiger partial charge in [-0.1, -0.05) is 49.4 Å². The molecule has 4 nitrogen and oxygen atoms in total. The lowest BCUT2D eigenvalue weighted by Crippen LogP contribution is -2.51. The minimum absolute atomic E-state index is 0.0618. The number of methoxy groups -OCH3 is 1. The van der Waals surface area contributed by atoms with Crippen molar-refractivity contribution < 1.29 is 18.7 Å². The number of carbonyl (C=O) groups is 1. The summed E-state index contributed by atoms with van der Waals surface area (Å²) in [5, 5.41) is 3.13. The number of nitrogens with one attached hydrogen (secondary N) is 1. The van der Waals surface area contributed by atoms with Crippen LogP contribution in [0.1, 0.15) is 37.3 Å². The number of ether oxygens (including phenoxy) is 2. The van der Waals surface area contributed by atoms with Crippen LogP contribution in [-0.4, -0.2) is 32.8 Å². The summed E-state index contributed by atoms with van der Waals surface area (Å²) in [6, 6.07) is 16.2. The van der Waals surface area contributed by atoms with Gasteiger partial charge in [0.2, 0.25) is 5.91 Å². The first-order valence-electron chi connectivity index (χ1n) is 9.79.